The first kappa shape index (κ1) is 36.3. The highest BCUT2D eigenvalue weighted by atomic mass is 79.9. The second-order valence-electron chi connectivity index (χ2n) is 12.5. The molecule has 3 saturated heterocycles. The molecule has 49 heavy (non-hydrogen) atoms. The summed E-state index contributed by atoms with van der Waals surface area (Å²) >= 11 is 3.73. The molecule has 0 aliphatic carbocycles. The molecule has 0 radical (unpaired) electrons. The second-order valence-corrected chi connectivity index (χ2v) is 13.7. The number of alkyl halides is 1. The van der Waals surface area contributed by atoms with Gasteiger partial charge in [0.05, 0.1) is 31.1 Å². The minimum absolute atomic E-state index is 0.0598. The summed E-state index contributed by atoms with van der Waals surface area (Å²) in [6.07, 6.45) is 4.47. The van der Waals surface area contributed by atoms with Crippen LogP contribution in [0, 0.1) is 11.8 Å². The highest BCUT2D eigenvalue weighted by molar-refractivity contribution is 9.09. The van der Waals surface area contributed by atoms with Crippen LogP contribution in [0.15, 0.2) is 79.9 Å². The number of methoxy groups -OCH3 is 1. The zero-order valence-corrected chi connectivity index (χ0v) is 29.3. The smallest absolute Gasteiger partial charge is 0.306 e. The monoisotopic (exact) mass is 737 g/mol. The second kappa shape index (κ2) is 16.1. The summed E-state index contributed by atoms with van der Waals surface area (Å²) in [6.45, 7) is 7.73. The number of hydrogen-bond donors (Lipinski definition) is 2. The van der Waals surface area contributed by atoms with Crippen molar-refractivity contribution < 1.29 is 38.5 Å². The number of benzene rings is 2. The molecule has 1 spiro atoms. The molecule has 3 heterocycles. The van der Waals surface area contributed by atoms with Crippen LogP contribution in [0.1, 0.15) is 43.7 Å². The molecule has 11 nitrogen and oxygen atoms in total. The van der Waals surface area contributed by atoms with E-state index in [4.69, 9.17) is 14.2 Å². The van der Waals surface area contributed by atoms with Crippen molar-refractivity contribution in [2.24, 2.45) is 11.8 Å². The SMILES string of the molecule is C=CCCC(=O)OC[C@@H](NC(=O)[C@H]1[C@@H]2O[C@@]3(CC2Br)[C@@H]1C(=O)N(CCCCO)[C@@H]3C(=O)N(CC=C)c1ccc(OC)cc1)c1ccccc1. The van der Waals surface area contributed by atoms with Gasteiger partial charge in [0.2, 0.25) is 11.8 Å². The van der Waals surface area contributed by atoms with Crippen molar-refractivity contribution in [3.63, 3.8) is 0 Å². The van der Waals surface area contributed by atoms with Crippen LogP contribution in [0.5, 0.6) is 5.75 Å². The number of nitrogens with zero attached hydrogens (tertiary/aromatic N) is 2. The summed E-state index contributed by atoms with van der Waals surface area (Å²) in [4.78, 5) is 58.7. The number of halogens is 1. The van der Waals surface area contributed by atoms with E-state index in [1.165, 1.54) is 0 Å². The largest absolute Gasteiger partial charge is 0.497 e. The van der Waals surface area contributed by atoms with Crippen LogP contribution in [0.3, 0.4) is 0 Å². The molecular weight excluding hydrogens is 694 g/mol. The van der Waals surface area contributed by atoms with E-state index in [1.807, 2.05) is 30.3 Å². The number of amides is 3. The minimum Gasteiger partial charge on any atom is -0.497 e. The Balaban J connectivity index is 1.47. The quantitative estimate of drug-likeness (QED) is 0.107. The molecule has 0 aromatic heterocycles. The van der Waals surface area contributed by atoms with Gasteiger partial charge in [0.15, 0.2) is 0 Å². The lowest BCUT2D eigenvalue weighted by Gasteiger charge is -2.37. The Morgan fingerprint density at radius 3 is 2.53 bits per heavy atom. The predicted octanol–water partition coefficient (Wildman–Crippen LogP) is 4.10. The molecule has 0 saturated carbocycles. The summed E-state index contributed by atoms with van der Waals surface area (Å²) in [7, 11) is 1.56. The fourth-order valence-corrected chi connectivity index (χ4v) is 8.29. The number of ether oxygens (including phenoxy) is 3. The van der Waals surface area contributed by atoms with Gasteiger partial charge < -0.3 is 34.4 Å². The molecule has 2 N–H and O–H groups in total. The lowest BCUT2D eigenvalue weighted by Crippen LogP contribution is -2.57. The average molecular weight is 739 g/mol. The number of rotatable bonds is 17. The van der Waals surface area contributed by atoms with Crippen molar-refractivity contribution in [1.29, 1.82) is 0 Å². The summed E-state index contributed by atoms with van der Waals surface area (Å²) in [6, 6.07) is 14.5. The van der Waals surface area contributed by atoms with Gasteiger partial charge >= 0.3 is 5.97 Å². The number of aliphatic hydroxyl groups is 1. The van der Waals surface area contributed by atoms with Gasteiger partial charge in [-0.25, -0.2) is 0 Å². The van der Waals surface area contributed by atoms with Gasteiger partial charge in [0.25, 0.3) is 5.91 Å². The first-order valence-electron chi connectivity index (χ1n) is 16.6. The Hall–Kier alpha value is -4.00. The molecule has 2 aromatic rings. The topological polar surface area (TPSA) is 135 Å². The van der Waals surface area contributed by atoms with Gasteiger partial charge in [-0.2, -0.15) is 0 Å². The molecule has 2 aromatic carbocycles. The molecule has 3 amide bonds. The fraction of sp³-hybridized carbons (Fsp3) is 0.459. The summed E-state index contributed by atoms with van der Waals surface area (Å²) in [5.74, 6) is -2.73. The van der Waals surface area contributed by atoms with Crippen molar-refractivity contribution in [1.82, 2.24) is 10.2 Å². The fourth-order valence-electron chi connectivity index (χ4n) is 7.35. The minimum atomic E-state index is -1.28. The maximum Gasteiger partial charge on any atom is 0.306 e. The van der Waals surface area contributed by atoms with Crippen LogP contribution < -0.4 is 15.0 Å². The summed E-state index contributed by atoms with van der Waals surface area (Å²) in [5.41, 5.74) is 0.0518. The zero-order chi connectivity index (χ0) is 35.1. The Kier molecular flexibility index (Phi) is 12.0. The Morgan fingerprint density at radius 2 is 1.88 bits per heavy atom. The molecule has 3 fully saturated rings. The highest BCUT2D eigenvalue weighted by Crippen LogP contribution is 2.60. The van der Waals surface area contributed by atoms with E-state index >= 15 is 0 Å². The average Bonchev–Trinajstić information content (AvgIpc) is 3.71. The number of esters is 1. The maximum atomic E-state index is 14.7. The van der Waals surface area contributed by atoms with E-state index in [0.717, 1.165) is 5.56 Å². The lowest BCUT2D eigenvalue weighted by molar-refractivity contribution is -0.145. The molecule has 2 bridgehead atoms. The molecule has 7 atom stereocenters. The third-order valence-corrected chi connectivity index (χ3v) is 10.4. The molecule has 5 rings (SSSR count). The van der Waals surface area contributed by atoms with Crippen LogP contribution >= 0.6 is 15.9 Å². The Labute approximate surface area is 295 Å². The molecule has 262 valence electrons. The maximum absolute atomic E-state index is 14.7. The van der Waals surface area contributed by atoms with Gasteiger partial charge in [0.1, 0.15) is 24.0 Å². The third-order valence-electron chi connectivity index (χ3n) is 9.58. The van der Waals surface area contributed by atoms with Crippen molar-refractivity contribution in [2.45, 2.75) is 60.7 Å². The van der Waals surface area contributed by atoms with Crippen molar-refractivity contribution in [3.05, 3.63) is 85.5 Å². The Bertz CT molecular complexity index is 1520. The van der Waals surface area contributed by atoms with Gasteiger partial charge in [-0.05, 0) is 55.5 Å². The number of fused-ring (bicyclic) bond motifs is 1. The van der Waals surface area contributed by atoms with Crippen LogP contribution in [-0.2, 0) is 28.7 Å². The number of carbonyl (C=O) groups excluding carboxylic acids is 4. The van der Waals surface area contributed by atoms with Crippen LogP contribution in [0.25, 0.3) is 0 Å². The Morgan fingerprint density at radius 1 is 1.14 bits per heavy atom. The predicted molar refractivity (Wildman–Crippen MR) is 187 cm³/mol. The standard InChI is InChI=1S/C37H44BrN3O8/c1-4-6-14-29(43)48-23-28(24-12-8-7-9-13-24)39-34(44)30-31-35(45)41(20-10-11-21-42)33(37(31)22-27(38)32(30)49-37)36(46)40(19-5-2)25-15-17-26(47-3)18-16-25/h4-5,7-9,12-13,15-18,27-28,30-33,42H,1-2,6,10-11,14,19-23H2,3H3,(H,39,44)/t27?,28-,30-,31+,32-,33-,37+/m1/s1. The van der Waals surface area contributed by atoms with E-state index in [2.05, 4.69) is 34.4 Å². The first-order valence-corrected chi connectivity index (χ1v) is 17.5. The van der Waals surface area contributed by atoms with E-state index in [1.54, 1.807) is 53.3 Å². The number of likely N-dealkylation sites (tertiary alicyclic amines) is 1. The van der Waals surface area contributed by atoms with Gasteiger partial charge in [-0.15, -0.1) is 13.2 Å². The van der Waals surface area contributed by atoms with Crippen molar-refractivity contribution in [3.8, 4) is 5.75 Å². The third kappa shape index (κ3) is 7.32. The first-order chi connectivity index (χ1) is 23.7. The molecular formula is C37H44BrN3O8. The number of nitrogens with one attached hydrogen (secondary N) is 1. The number of anilines is 1. The van der Waals surface area contributed by atoms with E-state index in [-0.39, 0.29) is 49.4 Å². The molecule has 12 heteroatoms. The van der Waals surface area contributed by atoms with Crippen LogP contribution in [0.4, 0.5) is 5.69 Å². The molecule has 3 aliphatic heterocycles. The highest BCUT2D eigenvalue weighted by Gasteiger charge is 2.76. The van der Waals surface area contributed by atoms with E-state index in [0.29, 0.717) is 37.1 Å². The summed E-state index contributed by atoms with van der Waals surface area (Å²) < 4.78 is 17.5. The summed E-state index contributed by atoms with van der Waals surface area (Å²) in [5, 5.41) is 12.6. The van der Waals surface area contributed by atoms with E-state index in [9.17, 15) is 24.3 Å². The molecule has 1 unspecified atom stereocenters. The lowest BCUT2D eigenvalue weighted by atomic mass is 9.70. The van der Waals surface area contributed by atoms with Gasteiger partial charge in [0, 0.05) is 36.6 Å². The number of carbonyl (C=O) groups is 4. The number of unbranched alkanes of at least 4 members (excludes halogenated alkanes) is 1. The van der Waals surface area contributed by atoms with Gasteiger partial charge in [-0.3, -0.25) is 19.2 Å². The zero-order valence-electron chi connectivity index (χ0n) is 27.7. The number of hydrogen-bond acceptors (Lipinski definition) is 8. The number of aliphatic hydroxyl groups excluding tert-OH is 1. The number of allylic oxidation sites excluding steroid dienone is 1. The normalized spacial score (nSPS) is 25.7. The van der Waals surface area contributed by atoms with E-state index < -0.39 is 47.5 Å². The van der Waals surface area contributed by atoms with Crippen LogP contribution in [0.2, 0.25) is 0 Å². The van der Waals surface area contributed by atoms with Crippen molar-refractivity contribution in [2.75, 3.05) is 38.3 Å². The molecule has 3 aliphatic rings. The van der Waals surface area contributed by atoms with Crippen LogP contribution in [-0.4, -0.2) is 89.7 Å². The van der Waals surface area contributed by atoms with Gasteiger partial charge in [-0.1, -0.05) is 58.4 Å². The van der Waals surface area contributed by atoms with Crippen molar-refractivity contribution >= 4 is 45.3 Å².